The number of halogens is 1. The minimum Gasteiger partial charge on any atom is -0.376 e. The largest absolute Gasteiger partial charge is 0.376 e. The van der Waals surface area contributed by atoms with Gasteiger partial charge in [0.2, 0.25) is 0 Å². The fourth-order valence-corrected chi connectivity index (χ4v) is 2.99. The van der Waals surface area contributed by atoms with E-state index in [9.17, 15) is 0 Å². The first-order valence-electron chi connectivity index (χ1n) is 5.68. The second-order valence-corrected chi connectivity index (χ2v) is 5.22. The molecule has 0 radical (unpaired) electrons. The zero-order valence-electron chi connectivity index (χ0n) is 9.44. The monoisotopic (exact) mass is 268 g/mol. The van der Waals surface area contributed by atoms with Crippen molar-refractivity contribution < 1.29 is 4.74 Å². The second-order valence-electron chi connectivity index (χ2n) is 4.39. The van der Waals surface area contributed by atoms with E-state index < -0.39 is 0 Å². The van der Waals surface area contributed by atoms with Crippen molar-refractivity contribution in [2.45, 2.75) is 25.5 Å². The number of ether oxygens (including phenoxy) is 1. The maximum absolute atomic E-state index is 6.05. The van der Waals surface area contributed by atoms with Crippen LogP contribution in [0, 0.1) is 4.77 Å². The highest BCUT2D eigenvalue weighted by Crippen LogP contribution is 2.30. The van der Waals surface area contributed by atoms with Crippen LogP contribution in [0.4, 0.5) is 0 Å². The van der Waals surface area contributed by atoms with Gasteiger partial charge >= 0.3 is 0 Å². The summed E-state index contributed by atoms with van der Waals surface area (Å²) in [5, 5.41) is 0.729. The average Bonchev–Trinajstić information content (AvgIpc) is 2.81. The number of nitrogens with one attached hydrogen (secondary N) is 1. The lowest BCUT2D eigenvalue weighted by Crippen LogP contribution is -2.16. The van der Waals surface area contributed by atoms with E-state index in [1.165, 1.54) is 0 Å². The van der Waals surface area contributed by atoms with Gasteiger partial charge in [-0.2, -0.15) is 0 Å². The van der Waals surface area contributed by atoms with Gasteiger partial charge in [0.25, 0.3) is 0 Å². The van der Waals surface area contributed by atoms with Gasteiger partial charge in [0, 0.05) is 11.6 Å². The van der Waals surface area contributed by atoms with Crippen molar-refractivity contribution in [1.29, 1.82) is 0 Å². The lowest BCUT2D eigenvalue weighted by atomic mass is 10.1. The van der Waals surface area contributed by atoms with Crippen molar-refractivity contribution in [3.63, 3.8) is 0 Å². The first kappa shape index (κ1) is 11.3. The molecule has 1 saturated heterocycles. The number of rotatable bonds is 1. The first-order chi connectivity index (χ1) is 8.16. The Balaban J connectivity index is 2.24. The molecule has 0 amide bonds. The molecule has 1 fully saturated rings. The van der Waals surface area contributed by atoms with Crippen LogP contribution in [0.2, 0.25) is 5.02 Å². The molecular formula is C12H13ClN2OS. The maximum Gasteiger partial charge on any atom is 0.178 e. The third kappa shape index (κ3) is 1.80. The van der Waals surface area contributed by atoms with Crippen molar-refractivity contribution in [2.24, 2.45) is 0 Å². The zero-order valence-corrected chi connectivity index (χ0v) is 11.0. The molecule has 1 aliphatic rings. The molecular weight excluding hydrogens is 256 g/mol. The predicted octanol–water partition coefficient (Wildman–Crippen LogP) is 3.70. The molecule has 1 aromatic carbocycles. The first-order valence-corrected chi connectivity index (χ1v) is 6.47. The van der Waals surface area contributed by atoms with Crippen molar-refractivity contribution in [1.82, 2.24) is 9.55 Å². The molecule has 0 aliphatic carbocycles. The van der Waals surface area contributed by atoms with Gasteiger partial charge in [-0.25, -0.2) is 0 Å². The number of nitrogens with zero attached hydrogens (tertiary/aromatic N) is 1. The minimum atomic E-state index is 0.194. The summed E-state index contributed by atoms with van der Waals surface area (Å²) in [7, 11) is 0. The molecule has 0 spiro atoms. The predicted molar refractivity (Wildman–Crippen MR) is 71.2 cm³/mol. The minimum absolute atomic E-state index is 0.194. The topological polar surface area (TPSA) is 29.9 Å². The highest BCUT2D eigenvalue weighted by molar-refractivity contribution is 7.71. The third-order valence-electron chi connectivity index (χ3n) is 3.35. The van der Waals surface area contributed by atoms with Crippen LogP contribution >= 0.6 is 23.8 Å². The SMILES string of the molecule is CC1OCCC1n1c(=S)[nH]c2ccc(Cl)cc21. The molecule has 1 aliphatic heterocycles. The second kappa shape index (κ2) is 4.12. The molecule has 0 bridgehead atoms. The van der Waals surface area contributed by atoms with E-state index in [0.717, 1.165) is 33.9 Å². The molecule has 1 N–H and O–H groups in total. The summed E-state index contributed by atoms with van der Waals surface area (Å²) in [6, 6.07) is 6.09. The molecule has 3 nitrogen and oxygen atoms in total. The molecule has 90 valence electrons. The van der Waals surface area contributed by atoms with Gasteiger partial charge in [-0.15, -0.1) is 0 Å². The molecule has 0 saturated carbocycles. The molecule has 5 heteroatoms. The van der Waals surface area contributed by atoms with Gasteiger partial charge < -0.3 is 14.3 Å². The normalized spacial score (nSPS) is 24.6. The Morgan fingerprint density at radius 2 is 2.35 bits per heavy atom. The Morgan fingerprint density at radius 3 is 3.06 bits per heavy atom. The molecule has 2 atom stereocenters. The molecule has 1 aromatic heterocycles. The highest BCUT2D eigenvalue weighted by Gasteiger charge is 2.27. The van der Waals surface area contributed by atoms with Crippen molar-refractivity contribution in [3.8, 4) is 0 Å². The van der Waals surface area contributed by atoms with Crippen LogP contribution in [0.3, 0.4) is 0 Å². The summed E-state index contributed by atoms with van der Waals surface area (Å²) < 4.78 is 8.48. The summed E-state index contributed by atoms with van der Waals surface area (Å²) in [6.45, 7) is 2.88. The summed E-state index contributed by atoms with van der Waals surface area (Å²) in [4.78, 5) is 3.22. The van der Waals surface area contributed by atoms with E-state index in [2.05, 4.69) is 16.5 Å². The number of aromatic nitrogens is 2. The number of H-pyrrole nitrogens is 1. The number of imidazole rings is 1. The summed E-state index contributed by atoms with van der Waals surface area (Å²) >= 11 is 11.4. The Morgan fingerprint density at radius 1 is 1.53 bits per heavy atom. The summed E-state index contributed by atoms with van der Waals surface area (Å²) in [6.07, 6.45) is 1.19. The van der Waals surface area contributed by atoms with E-state index >= 15 is 0 Å². The van der Waals surface area contributed by atoms with Crippen LogP contribution in [0.15, 0.2) is 18.2 Å². The zero-order chi connectivity index (χ0) is 12.0. The van der Waals surface area contributed by atoms with Gasteiger partial charge in [0.05, 0.1) is 23.2 Å². The molecule has 2 heterocycles. The Kier molecular flexibility index (Phi) is 2.73. The number of aromatic amines is 1. The Bertz CT molecular complexity index is 618. The van der Waals surface area contributed by atoms with Gasteiger partial charge in [-0.1, -0.05) is 11.6 Å². The number of fused-ring (bicyclic) bond motifs is 1. The van der Waals surface area contributed by atoms with E-state index in [1.807, 2.05) is 18.2 Å². The molecule has 2 aromatic rings. The Labute approximate surface area is 109 Å². The van der Waals surface area contributed by atoms with E-state index in [1.54, 1.807) is 0 Å². The van der Waals surface area contributed by atoms with Crippen LogP contribution in [0.1, 0.15) is 19.4 Å². The lowest BCUT2D eigenvalue weighted by molar-refractivity contribution is 0.108. The van der Waals surface area contributed by atoms with E-state index in [-0.39, 0.29) is 6.10 Å². The van der Waals surface area contributed by atoms with Crippen LogP contribution < -0.4 is 0 Å². The smallest absolute Gasteiger partial charge is 0.178 e. The number of benzene rings is 1. The van der Waals surface area contributed by atoms with Crippen molar-refractivity contribution in [3.05, 3.63) is 28.0 Å². The average molecular weight is 269 g/mol. The van der Waals surface area contributed by atoms with Crippen molar-refractivity contribution >= 4 is 34.9 Å². The summed E-state index contributed by atoms with van der Waals surface area (Å²) in [5.74, 6) is 0. The number of hydrogen-bond acceptors (Lipinski definition) is 2. The van der Waals surface area contributed by atoms with Crippen LogP contribution in [-0.4, -0.2) is 22.3 Å². The van der Waals surface area contributed by atoms with Crippen LogP contribution in [0.25, 0.3) is 11.0 Å². The number of hydrogen-bond donors (Lipinski definition) is 1. The van der Waals surface area contributed by atoms with Gasteiger partial charge in [-0.05, 0) is 43.8 Å². The van der Waals surface area contributed by atoms with Crippen LogP contribution in [-0.2, 0) is 4.74 Å². The fraction of sp³-hybridized carbons (Fsp3) is 0.417. The molecule has 3 rings (SSSR count). The van der Waals surface area contributed by atoms with Crippen molar-refractivity contribution in [2.75, 3.05) is 6.61 Å². The van der Waals surface area contributed by atoms with Crippen LogP contribution in [0.5, 0.6) is 0 Å². The molecule has 2 unspecified atom stereocenters. The Hall–Kier alpha value is -0.840. The standard InChI is InChI=1S/C12H13ClN2OS/c1-7-10(4-5-16-7)15-11-6-8(13)2-3-9(11)14-12(15)17/h2-3,6-7,10H,4-5H2,1H3,(H,14,17). The van der Waals surface area contributed by atoms with Gasteiger partial charge in [0.15, 0.2) is 4.77 Å². The quantitative estimate of drug-likeness (QED) is 0.799. The highest BCUT2D eigenvalue weighted by atomic mass is 35.5. The van der Waals surface area contributed by atoms with Gasteiger partial charge in [-0.3, -0.25) is 0 Å². The molecule has 17 heavy (non-hydrogen) atoms. The fourth-order valence-electron chi connectivity index (χ4n) is 2.48. The maximum atomic E-state index is 6.05. The van der Waals surface area contributed by atoms with Gasteiger partial charge in [0.1, 0.15) is 0 Å². The summed E-state index contributed by atoms with van der Waals surface area (Å²) in [5.41, 5.74) is 2.09. The van der Waals surface area contributed by atoms with E-state index in [4.69, 9.17) is 28.6 Å². The third-order valence-corrected chi connectivity index (χ3v) is 3.88. The lowest BCUT2D eigenvalue weighted by Gasteiger charge is -2.16. The van der Waals surface area contributed by atoms with E-state index in [0.29, 0.717) is 6.04 Å².